The van der Waals surface area contributed by atoms with E-state index >= 15 is 0 Å². The number of hydrogen-bond acceptors (Lipinski definition) is 1. The quantitative estimate of drug-likeness (QED) is 0.445. The first kappa shape index (κ1) is 11.7. The Labute approximate surface area is 63.1 Å². The van der Waals surface area contributed by atoms with E-state index in [4.69, 9.17) is 11.6 Å². The van der Waals surface area contributed by atoms with Gasteiger partial charge in [-0.1, -0.05) is 6.08 Å². The Kier molecular flexibility index (Phi) is 7.98. The van der Waals surface area contributed by atoms with Crippen molar-refractivity contribution in [1.82, 2.24) is 5.32 Å². The lowest BCUT2D eigenvalue weighted by Crippen LogP contribution is -2.01. The second kappa shape index (κ2) is 6.12. The van der Waals surface area contributed by atoms with Gasteiger partial charge in [0.15, 0.2) is 0 Å². The van der Waals surface area contributed by atoms with Crippen LogP contribution in [0.4, 0.5) is 0 Å². The highest BCUT2D eigenvalue weighted by molar-refractivity contribution is 6.24. The van der Waals surface area contributed by atoms with Crippen molar-refractivity contribution < 1.29 is 0 Å². The van der Waals surface area contributed by atoms with Gasteiger partial charge in [-0.05, 0) is 27.9 Å². The van der Waals surface area contributed by atoms with Gasteiger partial charge in [0, 0.05) is 0 Å². The Morgan fingerprint density at radius 3 is 1.56 bits per heavy atom. The average molecular weight is 150 g/mol. The fraction of sp³-hybridized carbons (Fsp3) is 0.714. The monoisotopic (exact) mass is 149 g/mol. The van der Waals surface area contributed by atoms with Gasteiger partial charge in [0.25, 0.3) is 0 Å². The Bertz CT molecular complexity index is 63.8. The van der Waals surface area contributed by atoms with E-state index in [-0.39, 0.29) is 4.87 Å². The van der Waals surface area contributed by atoms with Gasteiger partial charge >= 0.3 is 0 Å². The van der Waals surface area contributed by atoms with Crippen LogP contribution in [0.1, 0.15) is 13.8 Å². The summed E-state index contributed by atoms with van der Waals surface area (Å²) in [6.07, 6.45) is 1.70. The summed E-state index contributed by atoms with van der Waals surface area (Å²) in [6, 6.07) is 0. The Morgan fingerprint density at radius 2 is 1.56 bits per heavy atom. The first-order valence-corrected chi connectivity index (χ1v) is 3.26. The van der Waals surface area contributed by atoms with E-state index in [9.17, 15) is 0 Å². The summed E-state index contributed by atoms with van der Waals surface area (Å²) >= 11 is 5.60. The minimum Gasteiger partial charge on any atom is -0.323 e. The molecule has 1 nitrogen and oxygen atoms in total. The molecule has 2 heteroatoms. The van der Waals surface area contributed by atoms with Gasteiger partial charge in [0.05, 0.1) is 4.87 Å². The van der Waals surface area contributed by atoms with Crippen LogP contribution < -0.4 is 5.32 Å². The van der Waals surface area contributed by atoms with E-state index in [1.807, 2.05) is 27.9 Å². The van der Waals surface area contributed by atoms with Crippen molar-refractivity contribution >= 4 is 11.6 Å². The Hall–Kier alpha value is -0.0100. The van der Waals surface area contributed by atoms with Crippen molar-refractivity contribution in [2.24, 2.45) is 0 Å². The highest BCUT2D eigenvalue weighted by Crippen LogP contribution is 2.11. The van der Waals surface area contributed by atoms with E-state index in [1.165, 1.54) is 0 Å². The van der Waals surface area contributed by atoms with Crippen molar-refractivity contribution in [3.63, 3.8) is 0 Å². The molecule has 0 aliphatic carbocycles. The predicted octanol–water partition coefficient (Wildman–Crippen LogP) is 2.03. The topological polar surface area (TPSA) is 12.0 Å². The van der Waals surface area contributed by atoms with Crippen molar-refractivity contribution in [2.75, 3.05) is 14.1 Å². The molecule has 0 aliphatic heterocycles. The molecular weight excluding hydrogens is 134 g/mol. The van der Waals surface area contributed by atoms with Gasteiger partial charge in [-0.25, -0.2) is 0 Å². The zero-order valence-corrected chi connectivity index (χ0v) is 7.42. The Balaban J connectivity index is 0. The molecule has 0 rings (SSSR count). The van der Waals surface area contributed by atoms with E-state index < -0.39 is 0 Å². The third-order valence-electron chi connectivity index (χ3n) is 0.485. The van der Waals surface area contributed by atoms with E-state index in [1.54, 1.807) is 6.08 Å². The summed E-state index contributed by atoms with van der Waals surface area (Å²) in [5, 5.41) is 2.75. The standard InChI is InChI=1S/C5H9Cl.C2H7N/c1-4-5(2,3)6;1-3-2/h4H,1H2,2-3H3;3H,1-2H3. The lowest BCUT2D eigenvalue weighted by atomic mass is 10.2. The molecule has 9 heavy (non-hydrogen) atoms. The summed E-state index contributed by atoms with van der Waals surface area (Å²) in [5.41, 5.74) is 0. The van der Waals surface area contributed by atoms with E-state index in [2.05, 4.69) is 11.9 Å². The van der Waals surface area contributed by atoms with Crippen LogP contribution >= 0.6 is 11.6 Å². The van der Waals surface area contributed by atoms with Crippen molar-refractivity contribution in [3.05, 3.63) is 12.7 Å². The number of halogens is 1. The maximum Gasteiger partial charge on any atom is 0.0567 e. The maximum atomic E-state index is 5.60. The lowest BCUT2D eigenvalue weighted by Gasteiger charge is -2.04. The fourth-order valence-electron chi connectivity index (χ4n) is 0. The molecule has 0 radical (unpaired) electrons. The van der Waals surface area contributed by atoms with Crippen LogP contribution in [0.3, 0.4) is 0 Å². The van der Waals surface area contributed by atoms with E-state index in [0.717, 1.165) is 0 Å². The van der Waals surface area contributed by atoms with Gasteiger partial charge in [-0.2, -0.15) is 0 Å². The smallest absolute Gasteiger partial charge is 0.0567 e. The molecule has 0 bridgehead atoms. The summed E-state index contributed by atoms with van der Waals surface area (Å²) in [7, 11) is 3.75. The van der Waals surface area contributed by atoms with Crippen LogP contribution in [0.25, 0.3) is 0 Å². The number of alkyl halides is 1. The summed E-state index contributed by atoms with van der Waals surface area (Å²) in [4.78, 5) is -0.222. The third kappa shape index (κ3) is 32.1. The molecule has 56 valence electrons. The zero-order valence-electron chi connectivity index (χ0n) is 6.66. The zero-order chi connectivity index (χ0) is 7.91. The lowest BCUT2D eigenvalue weighted by molar-refractivity contribution is 0.885. The van der Waals surface area contributed by atoms with Crippen LogP contribution in [-0.2, 0) is 0 Å². The maximum absolute atomic E-state index is 5.60. The van der Waals surface area contributed by atoms with Crippen LogP contribution in [0, 0.1) is 0 Å². The predicted molar refractivity (Wildman–Crippen MR) is 45.1 cm³/mol. The highest BCUT2D eigenvalue weighted by Gasteiger charge is 2.03. The van der Waals surface area contributed by atoms with Crippen molar-refractivity contribution in [3.8, 4) is 0 Å². The SMILES string of the molecule is C=CC(C)(C)Cl.CNC. The van der Waals surface area contributed by atoms with Gasteiger partial charge < -0.3 is 5.32 Å². The minimum atomic E-state index is -0.222. The molecule has 0 aromatic heterocycles. The van der Waals surface area contributed by atoms with Gasteiger partial charge in [-0.3, -0.25) is 0 Å². The molecular formula is C7H16ClN. The first-order valence-electron chi connectivity index (χ1n) is 2.89. The number of rotatable bonds is 1. The van der Waals surface area contributed by atoms with Crippen LogP contribution in [-0.4, -0.2) is 19.0 Å². The number of nitrogens with one attached hydrogen (secondary N) is 1. The summed E-state index contributed by atoms with van der Waals surface area (Å²) in [6.45, 7) is 7.28. The normalized spacial score (nSPS) is 9.44. The molecule has 0 aromatic carbocycles. The molecule has 0 aliphatic rings. The average Bonchev–Trinajstić information content (AvgIpc) is 1.67. The minimum absolute atomic E-state index is 0.222. The third-order valence-corrected chi connectivity index (χ3v) is 0.640. The number of allylic oxidation sites excluding steroid dienone is 1. The second-order valence-corrected chi connectivity index (χ2v) is 3.24. The highest BCUT2D eigenvalue weighted by atomic mass is 35.5. The molecule has 0 saturated heterocycles. The van der Waals surface area contributed by atoms with Crippen LogP contribution in [0.5, 0.6) is 0 Å². The fourth-order valence-corrected chi connectivity index (χ4v) is 0. The second-order valence-electron chi connectivity index (χ2n) is 2.27. The van der Waals surface area contributed by atoms with Crippen LogP contribution in [0.2, 0.25) is 0 Å². The molecule has 0 unspecified atom stereocenters. The van der Waals surface area contributed by atoms with Gasteiger partial charge in [-0.15, -0.1) is 18.2 Å². The molecule has 0 spiro atoms. The molecule has 0 heterocycles. The summed E-state index contributed by atoms with van der Waals surface area (Å²) < 4.78 is 0. The van der Waals surface area contributed by atoms with Crippen molar-refractivity contribution in [1.29, 1.82) is 0 Å². The molecule has 0 atom stereocenters. The molecule has 0 aromatic rings. The van der Waals surface area contributed by atoms with Gasteiger partial charge in [0.2, 0.25) is 0 Å². The molecule has 0 amide bonds. The molecule has 0 fully saturated rings. The number of hydrogen-bond donors (Lipinski definition) is 1. The van der Waals surface area contributed by atoms with Gasteiger partial charge in [0.1, 0.15) is 0 Å². The summed E-state index contributed by atoms with van der Waals surface area (Å²) in [5.74, 6) is 0. The molecule has 1 N–H and O–H groups in total. The van der Waals surface area contributed by atoms with E-state index in [0.29, 0.717) is 0 Å². The molecule has 0 saturated carbocycles. The largest absolute Gasteiger partial charge is 0.323 e. The first-order chi connectivity index (χ1) is 3.97. The van der Waals surface area contributed by atoms with Crippen LogP contribution in [0.15, 0.2) is 12.7 Å². The van der Waals surface area contributed by atoms with Crippen molar-refractivity contribution in [2.45, 2.75) is 18.7 Å². The Morgan fingerprint density at radius 1 is 1.44 bits per heavy atom.